The minimum Gasteiger partial charge on any atom is -0.493 e. The Kier molecular flexibility index (Phi) is 5.76. The highest BCUT2D eigenvalue weighted by Gasteiger charge is 2.43. The number of rotatable bonds is 5. The highest BCUT2D eigenvalue weighted by molar-refractivity contribution is 9.10. The Hall–Kier alpha value is -2.72. The van der Waals surface area contributed by atoms with E-state index >= 15 is 0 Å². The predicted octanol–water partition coefficient (Wildman–Crippen LogP) is 4.47. The van der Waals surface area contributed by atoms with E-state index in [0.29, 0.717) is 52.3 Å². The Balaban J connectivity index is 2.18. The van der Waals surface area contributed by atoms with Crippen molar-refractivity contribution in [2.45, 2.75) is 32.6 Å². The smallest absolute Gasteiger partial charge is 0.205 e. The number of allylic oxidation sites excluding steroid dienone is 3. The quantitative estimate of drug-likeness (QED) is 0.653. The molecule has 2 aliphatic rings. The molecule has 6 nitrogen and oxygen atoms in total. The molecule has 1 atom stereocenters. The summed E-state index contributed by atoms with van der Waals surface area (Å²) in [5.74, 6) is 0.904. The van der Waals surface area contributed by atoms with Gasteiger partial charge in [-0.1, -0.05) is 26.5 Å². The summed E-state index contributed by atoms with van der Waals surface area (Å²) in [5.41, 5.74) is 7.24. The van der Waals surface area contributed by atoms with Crippen LogP contribution in [0.5, 0.6) is 11.5 Å². The number of nitrogens with zero attached hydrogens (tertiary/aromatic N) is 1. The van der Waals surface area contributed by atoms with E-state index in [9.17, 15) is 10.1 Å². The third-order valence-electron chi connectivity index (χ3n) is 5.01. The second-order valence-corrected chi connectivity index (χ2v) is 8.69. The average molecular weight is 459 g/mol. The summed E-state index contributed by atoms with van der Waals surface area (Å²) >= 11 is 3.51. The van der Waals surface area contributed by atoms with Crippen molar-refractivity contribution in [2.75, 3.05) is 13.7 Å². The fraction of sp³-hybridized carbons (Fsp3) is 0.364. The lowest BCUT2D eigenvalue weighted by Crippen LogP contribution is -2.33. The van der Waals surface area contributed by atoms with Gasteiger partial charge in [-0.2, -0.15) is 5.26 Å². The number of ketones is 1. The van der Waals surface area contributed by atoms with Crippen LogP contribution in [0.15, 0.2) is 52.0 Å². The van der Waals surface area contributed by atoms with Crippen LogP contribution in [0.2, 0.25) is 0 Å². The lowest BCUT2D eigenvalue weighted by Gasteiger charge is -2.37. The van der Waals surface area contributed by atoms with E-state index in [1.165, 1.54) is 7.11 Å². The van der Waals surface area contributed by atoms with Crippen LogP contribution in [0.4, 0.5) is 0 Å². The number of carbonyl (C=O) groups excluding carboxylic acids is 1. The van der Waals surface area contributed by atoms with Crippen molar-refractivity contribution in [3.05, 3.63) is 57.6 Å². The summed E-state index contributed by atoms with van der Waals surface area (Å²) in [5, 5.41) is 9.76. The zero-order valence-electron chi connectivity index (χ0n) is 16.7. The maximum atomic E-state index is 13.1. The minimum absolute atomic E-state index is 0.0313. The van der Waals surface area contributed by atoms with Crippen LogP contribution in [-0.4, -0.2) is 19.5 Å². The zero-order valence-corrected chi connectivity index (χ0v) is 18.3. The lowest BCUT2D eigenvalue weighted by atomic mass is 9.70. The Morgan fingerprint density at radius 3 is 2.79 bits per heavy atom. The number of Topliss-reactive ketones (excluding diaryl/α,β-unsaturated/α-hetero) is 1. The molecule has 0 fully saturated rings. The third kappa shape index (κ3) is 3.90. The number of carbonyl (C=O) groups is 1. The van der Waals surface area contributed by atoms with Crippen molar-refractivity contribution in [1.82, 2.24) is 0 Å². The molecule has 0 radical (unpaired) electrons. The second kappa shape index (κ2) is 7.96. The van der Waals surface area contributed by atoms with Crippen molar-refractivity contribution in [1.29, 1.82) is 5.26 Å². The summed E-state index contributed by atoms with van der Waals surface area (Å²) in [7, 11) is 1.53. The monoisotopic (exact) mass is 458 g/mol. The molecule has 1 unspecified atom stereocenters. The summed E-state index contributed by atoms with van der Waals surface area (Å²) in [6.07, 6.45) is 2.58. The Morgan fingerprint density at radius 1 is 1.45 bits per heavy atom. The van der Waals surface area contributed by atoms with E-state index in [2.05, 4.69) is 28.6 Å². The van der Waals surface area contributed by atoms with Crippen LogP contribution < -0.4 is 15.2 Å². The van der Waals surface area contributed by atoms with Crippen LogP contribution in [0.1, 0.15) is 38.2 Å². The minimum atomic E-state index is -0.619. The predicted molar refractivity (Wildman–Crippen MR) is 112 cm³/mol. The van der Waals surface area contributed by atoms with Crippen LogP contribution in [0, 0.1) is 16.7 Å². The average Bonchev–Trinajstić information content (AvgIpc) is 2.64. The first-order valence-electron chi connectivity index (χ1n) is 9.17. The molecule has 1 heterocycles. The van der Waals surface area contributed by atoms with Gasteiger partial charge in [0.25, 0.3) is 0 Å². The van der Waals surface area contributed by atoms with Gasteiger partial charge in [0.15, 0.2) is 17.3 Å². The van der Waals surface area contributed by atoms with E-state index in [1.54, 1.807) is 12.1 Å². The van der Waals surface area contributed by atoms with Crippen LogP contribution in [0.25, 0.3) is 0 Å². The Bertz CT molecular complexity index is 985. The van der Waals surface area contributed by atoms with Crippen molar-refractivity contribution >= 4 is 21.7 Å². The number of methoxy groups -OCH3 is 1. The van der Waals surface area contributed by atoms with Crippen LogP contribution in [0.3, 0.4) is 0 Å². The van der Waals surface area contributed by atoms with Crippen molar-refractivity contribution in [3.63, 3.8) is 0 Å². The first-order valence-corrected chi connectivity index (χ1v) is 9.96. The molecule has 1 aromatic rings. The number of hydrogen-bond acceptors (Lipinski definition) is 6. The molecule has 29 heavy (non-hydrogen) atoms. The highest BCUT2D eigenvalue weighted by atomic mass is 79.9. The molecule has 0 spiro atoms. The van der Waals surface area contributed by atoms with E-state index in [1.807, 2.05) is 19.9 Å². The van der Waals surface area contributed by atoms with Gasteiger partial charge in [-0.25, -0.2) is 0 Å². The van der Waals surface area contributed by atoms with Crippen molar-refractivity contribution < 1.29 is 19.0 Å². The van der Waals surface area contributed by atoms with E-state index < -0.39 is 5.92 Å². The molecule has 1 aliphatic carbocycles. The Morgan fingerprint density at radius 2 is 2.17 bits per heavy atom. The van der Waals surface area contributed by atoms with Gasteiger partial charge in [0.1, 0.15) is 24.0 Å². The number of benzene rings is 1. The highest BCUT2D eigenvalue weighted by Crippen LogP contribution is 2.49. The fourth-order valence-electron chi connectivity index (χ4n) is 3.81. The van der Waals surface area contributed by atoms with Gasteiger partial charge in [0, 0.05) is 18.4 Å². The number of nitrogens with two attached hydrogens (primary N) is 1. The molecular weight excluding hydrogens is 436 g/mol. The number of hydrogen-bond donors (Lipinski definition) is 1. The summed E-state index contributed by atoms with van der Waals surface area (Å²) in [6.45, 7) is 7.99. The summed E-state index contributed by atoms with van der Waals surface area (Å²) in [6, 6.07) is 5.71. The van der Waals surface area contributed by atoms with Gasteiger partial charge < -0.3 is 19.9 Å². The van der Waals surface area contributed by atoms with Gasteiger partial charge >= 0.3 is 0 Å². The van der Waals surface area contributed by atoms with Gasteiger partial charge in [0.05, 0.1) is 17.5 Å². The molecule has 2 N–H and O–H groups in total. The lowest BCUT2D eigenvalue weighted by molar-refractivity contribution is -0.119. The molecule has 7 heteroatoms. The maximum absolute atomic E-state index is 13.1. The molecule has 1 aromatic carbocycles. The number of nitriles is 1. The van der Waals surface area contributed by atoms with Gasteiger partial charge in [0.2, 0.25) is 5.88 Å². The number of halogens is 1. The molecule has 152 valence electrons. The Labute approximate surface area is 178 Å². The molecule has 1 aliphatic heterocycles. The first-order chi connectivity index (χ1) is 13.7. The van der Waals surface area contributed by atoms with E-state index in [0.717, 1.165) is 0 Å². The molecule has 3 rings (SSSR count). The standard InChI is InChI=1S/C22H23BrN2O4/c1-5-6-28-20-14(23)7-12(8-16(20)27-4)18-13(11-24)21(25)29-17-10-22(2,3)9-15(26)19(17)18/h5,7-8,18H,1,6,9-10,25H2,2-4H3. The van der Waals surface area contributed by atoms with Crippen LogP contribution in [-0.2, 0) is 9.53 Å². The van der Waals surface area contributed by atoms with E-state index in [-0.39, 0.29) is 22.7 Å². The van der Waals surface area contributed by atoms with Crippen LogP contribution >= 0.6 is 15.9 Å². The topological polar surface area (TPSA) is 94.6 Å². The van der Waals surface area contributed by atoms with Gasteiger partial charge in [-0.15, -0.1) is 0 Å². The second-order valence-electron chi connectivity index (χ2n) is 7.84. The third-order valence-corrected chi connectivity index (χ3v) is 5.60. The van der Waals surface area contributed by atoms with Crippen molar-refractivity contribution in [2.24, 2.45) is 11.1 Å². The van der Waals surface area contributed by atoms with Gasteiger partial charge in [-0.05, 0) is 39.0 Å². The number of ether oxygens (including phenoxy) is 3. The fourth-order valence-corrected chi connectivity index (χ4v) is 4.38. The normalized spacial score (nSPS) is 20.5. The zero-order chi connectivity index (χ0) is 21.3. The SMILES string of the molecule is C=CCOc1c(Br)cc(C2C(C#N)=C(N)OC3=C2C(=O)CC(C)(C)C3)cc1OC. The maximum Gasteiger partial charge on any atom is 0.205 e. The molecule has 0 amide bonds. The molecule has 0 saturated heterocycles. The summed E-state index contributed by atoms with van der Waals surface area (Å²) in [4.78, 5) is 13.1. The summed E-state index contributed by atoms with van der Waals surface area (Å²) < 4.78 is 17.5. The van der Waals surface area contributed by atoms with Crippen molar-refractivity contribution in [3.8, 4) is 17.6 Å². The molecule has 0 bridgehead atoms. The molecule has 0 aromatic heterocycles. The largest absolute Gasteiger partial charge is 0.493 e. The van der Waals surface area contributed by atoms with E-state index in [4.69, 9.17) is 19.9 Å². The molecule has 0 saturated carbocycles. The molecular formula is C22H23BrN2O4. The first kappa shape index (κ1) is 21.0. The van der Waals surface area contributed by atoms with Gasteiger partial charge in [-0.3, -0.25) is 4.79 Å².